The molecule has 0 unspecified atom stereocenters. The first kappa shape index (κ1) is 16.1. The summed E-state index contributed by atoms with van der Waals surface area (Å²) in [4.78, 5) is 23.6. The lowest BCUT2D eigenvalue weighted by atomic mass is 10.0. The Bertz CT molecular complexity index is 524. The van der Waals surface area contributed by atoms with Crippen molar-refractivity contribution in [1.29, 1.82) is 0 Å². The molecular weight excluding hydrogens is 263 g/mol. The maximum absolute atomic E-state index is 13.8. The van der Waals surface area contributed by atoms with Crippen LogP contribution in [0.3, 0.4) is 0 Å². The van der Waals surface area contributed by atoms with Crippen molar-refractivity contribution < 1.29 is 19.1 Å². The molecule has 0 aliphatic heterocycles. The highest BCUT2D eigenvalue weighted by molar-refractivity contribution is 5.92. The maximum atomic E-state index is 13.8. The second-order valence-corrected chi connectivity index (χ2v) is 5.59. The van der Waals surface area contributed by atoms with E-state index >= 15 is 0 Å². The number of amides is 1. The molecule has 1 amide bonds. The third-order valence-electron chi connectivity index (χ3n) is 2.97. The molecule has 1 aromatic carbocycles. The van der Waals surface area contributed by atoms with E-state index in [0.29, 0.717) is 0 Å². The number of nitrogens with two attached hydrogens (primary N) is 1. The minimum absolute atomic E-state index is 0.0861. The van der Waals surface area contributed by atoms with E-state index < -0.39 is 23.2 Å². The molecule has 6 heteroatoms. The Labute approximate surface area is 117 Å². The monoisotopic (exact) mass is 282 g/mol. The number of halogens is 1. The number of benzene rings is 1. The van der Waals surface area contributed by atoms with Gasteiger partial charge in [0.2, 0.25) is 5.91 Å². The summed E-state index contributed by atoms with van der Waals surface area (Å²) in [5, 5.41) is 8.93. The molecule has 110 valence electrons. The van der Waals surface area contributed by atoms with Crippen LogP contribution >= 0.6 is 0 Å². The summed E-state index contributed by atoms with van der Waals surface area (Å²) in [6.45, 7) is 5.38. The molecule has 0 aliphatic carbocycles. The predicted molar refractivity (Wildman–Crippen MR) is 72.7 cm³/mol. The van der Waals surface area contributed by atoms with Gasteiger partial charge in [-0.25, -0.2) is 4.39 Å². The molecule has 0 aromatic heterocycles. The number of carbonyl (C=O) groups excluding carboxylic acids is 1. The average molecular weight is 282 g/mol. The molecule has 0 radical (unpaired) electrons. The zero-order valence-corrected chi connectivity index (χ0v) is 11.8. The van der Waals surface area contributed by atoms with Gasteiger partial charge in [0.1, 0.15) is 5.82 Å². The number of hydrogen-bond acceptors (Lipinski definition) is 3. The van der Waals surface area contributed by atoms with Gasteiger partial charge in [0, 0.05) is 23.2 Å². The van der Waals surface area contributed by atoms with E-state index in [4.69, 9.17) is 10.8 Å². The van der Waals surface area contributed by atoms with Crippen molar-refractivity contribution in [3.05, 3.63) is 35.1 Å². The van der Waals surface area contributed by atoms with Crippen LogP contribution in [0, 0.1) is 5.82 Å². The van der Waals surface area contributed by atoms with Gasteiger partial charge in [-0.05, 0) is 39.0 Å². The van der Waals surface area contributed by atoms with Crippen molar-refractivity contribution in [2.45, 2.75) is 32.9 Å². The van der Waals surface area contributed by atoms with E-state index in [-0.39, 0.29) is 24.2 Å². The first-order valence-corrected chi connectivity index (χ1v) is 6.16. The molecule has 0 spiro atoms. The Kier molecular flexibility index (Phi) is 4.83. The van der Waals surface area contributed by atoms with E-state index in [0.717, 1.165) is 6.07 Å². The van der Waals surface area contributed by atoms with Crippen LogP contribution in [0.15, 0.2) is 18.2 Å². The molecule has 1 aromatic rings. The summed E-state index contributed by atoms with van der Waals surface area (Å²) in [6.07, 6.45) is 0. The molecule has 0 saturated carbocycles. The van der Waals surface area contributed by atoms with Crippen LogP contribution in [0.5, 0.6) is 0 Å². The molecule has 0 atom stereocenters. The summed E-state index contributed by atoms with van der Waals surface area (Å²) in [6, 6.07) is 3.83. The van der Waals surface area contributed by atoms with Crippen molar-refractivity contribution in [3.8, 4) is 0 Å². The van der Waals surface area contributed by atoms with Crippen molar-refractivity contribution >= 4 is 11.9 Å². The summed E-state index contributed by atoms with van der Waals surface area (Å²) >= 11 is 0. The number of hydrogen-bond donors (Lipinski definition) is 2. The largest absolute Gasteiger partial charge is 0.480 e. The predicted octanol–water partition coefficient (Wildman–Crippen LogP) is 1.61. The van der Waals surface area contributed by atoms with Gasteiger partial charge in [0.15, 0.2) is 0 Å². The molecule has 5 nitrogen and oxygen atoms in total. The molecule has 0 bridgehead atoms. The third-order valence-corrected chi connectivity index (χ3v) is 2.97. The zero-order valence-electron chi connectivity index (χ0n) is 11.8. The average Bonchev–Trinajstić information content (AvgIpc) is 2.28. The Balaban J connectivity index is 3.07. The Morgan fingerprint density at radius 3 is 2.40 bits per heavy atom. The minimum atomic E-state index is -0.994. The Morgan fingerprint density at radius 1 is 1.35 bits per heavy atom. The fourth-order valence-corrected chi connectivity index (χ4v) is 1.75. The van der Waals surface area contributed by atoms with Crippen LogP contribution in [0.1, 0.15) is 36.7 Å². The molecule has 0 aliphatic rings. The Hall–Kier alpha value is -1.95. The van der Waals surface area contributed by atoms with Crippen LogP contribution in [-0.2, 0) is 11.3 Å². The van der Waals surface area contributed by atoms with Crippen molar-refractivity contribution in [3.63, 3.8) is 0 Å². The second kappa shape index (κ2) is 6.00. The van der Waals surface area contributed by atoms with E-state index in [1.54, 1.807) is 4.90 Å². The third kappa shape index (κ3) is 4.31. The highest BCUT2D eigenvalue weighted by Crippen LogP contribution is 2.19. The number of primary amides is 1. The summed E-state index contributed by atoms with van der Waals surface area (Å²) in [7, 11) is 0. The van der Waals surface area contributed by atoms with Crippen molar-refractivity contribution in [2.24, 2.45) is 5.73 Å². The van der Waals surface area contributed by atoms with Crippen LogP contribution in [-0.4, -0.2) is 34.0 Å². The second-order valence-electron chi connectivity index (χ2n) is 5.59. The molecular formula is C14H19FN2O3. The van der Waals surface area contributed by atoms with Gasteiger partial charge in [-0.15, -0.1) is 0 Å². The quantitative estimate of drug-likeness (QED) is 0.859. The fourth-order valence-electron chi connectivity index (χ4n) is 1.75. The fraction of sp³-hybridized carbons (Fsp3) is 0.429. The van der Waals surface area contributed by atoms with Gasteiger partial charge in [-0.3, -0.25) is 14.5 Å². The number of rotatable bonds is 5. The Morgan fingerprint density at radius 2 is 1.95 bits per heavy atom. The zero-order chi connectivity index (χ0) is 15.5. The van der Waals surface area contributed by atoms with Crippen molar-refractivity contribution in [2.75, 3.05) is 6.54 Å². The molecule has 20 heavy (non-hydrogen) atoms. The van der Waals surface area contributed by atoms with E-state index in [2.05, 4.69) is 0 Å². The molecule has 0 fully saturated rings. The highest BCUT2D eigenvalue weighted by Gasteiger charge is 2.24. The maximum Gasteiger partial charge on any atom is 0.317 e. The van der Waals surface area contributed by atoms with Gasteiger partial charge in [-0.2, -0.15) is 0 Å². The lowest BCUT2D eigenvalue weighted by molar-refractivity contribution is -0.139. The number of nitrogens with zero attached hydrogens (tertiary/aromatic N) is 1. The summed E-state index contributed by atoms with van der Waals surface area (Å²) in [5.41, 5.74) is 5.16. The van der Waals surface area contributed by atoms with E-state index in [1.807, 2.05) is 20.8 Å². The normalized spacial score (nSPS) is 11.7. The van der Waals surface area contributed by atoms with E-state index in [9.17, 15) is 14.0 Å². The summed E-state index contributed by atoms with van der Waals surface area (Å²) in [5.74, 6) is -2.13. The molecule has 3 N–H and O–H groups in total. The van der Waals surface area contributed by atoms with Crippen LogP contribution in [0.2, 0.25) is 0 Å². The molecule has 1 rings (SSSR count). The minimum Gasteiger partial charge on any atom is -0.480 e. The lowest BCUT2D eigenvalue weighted by Gasteiger charge is -2.34. The molecule has 0 heterocycles. The van der Waals surface area contributed by atoms with Gasteiger partial charge in [-0.1, -0.05) is 0 Å². The first-order chi connectivity index (χ1) is 9.11. The topological polar surface area (TPSA) is 83.6 Å². The van der Waals surface area contributed by atoms with Gasteiger partial charge in [0.05, 0.1) is 6.54 Å². The number of aliphatic carboxylic acids is 1. The number of carboxylic acid groups (broad SMARTS) is 1. The van der Waals surface area contributed by atoms with Gasteiger partial charge < -0.3 is 10.8 Å². The number of carboxylic acids is 1. The van der Waals surface area contributed by atoms with Crippen LogP contribution < -0.4 is 5.73 Å². The van der Waals surface area contributed by atoms with E-state index in [1.165, 1.54) is 12.1 Å². The first-order valence-electron chi connectivity index (χ1n) is 6.16. The lowest BCUT2D eigenvalue weighted by Crippen LogP contribution is -2.44. The van der Waals surface area contributed by atoms with Gasteiger partial charge >= 0.3 is 5.97 Å². The van der Waals surface area contributed by atoms with Crippen LogP contribution in [0.4, 0.5) is 4.39 Å². The number of carbonyl (C=O) groups is 2. The smallest absolute Gasteiger partial charge is 0.317 e. The van der Waals surface area contributed by atoms with Crippen molar-refractivity contribution in [1.82, 2.24) is 4.90 Å². The van der Waals surface area contributed by atoms with Crippen LogP contribution in [0.25, 0.3) is 0 Å². The standard InChI is InChI=1S/C14H19FN2O3/c1-14(2,3)17(8-12(18)19)7-10-6-9(13(16)20)4-5-11(10)15/h4-6H,7-8H2,1-3H3,(H2,16,20)(H,18,19). The summed E-state index contributed by atoms with van der Waals surface area (Å²) < 4.78 is 13.8. The highest BCUT2D eigenvalue weighted by atomic mass is 19.1. The molecule has 0 saturated heterocycles. The van der Waals surface area contributed by atoms with Gasteiger partial charge in [0.25, 0.3) is 0 Å². The SMILES string of the molecule is CC(C)(C)N(CC(=O)O)Cc1cc(C(N)=O)ccc1F.